The third-order valence-electron chi connectivity index (χ3n) is 1.21. The molecule has 5 heteroatoms. The van der Waals surface area contributed by atoms with Crippen LogP contribution in [0.1, 0.15) is 27.2 Å². The molecule has 0 radical (unpaired) electrons. The smallest absolute Gasteiger partial charge is 0.407 e. The molecule has 1 unspecified atom stereocenters. The van der Waals surface area contributed by atoms with Gasteiger partial charge in [0.15, 0.2) is 0 Å². The van der Waals surface area contributed by atoms with E-state index < -0.39 is 6.09 Å². The summed E-state index contributed by atoms with van der Waals surface area (Å²) in [5, 5.41) is 2.61. The minimum Gasteiger partial charge on any atom is -0.447 e. The highest BCUT2D eigenvalue weighted by Crippen LogP contribution is 1.94. The Morgan fingerprint density at radius 2 is 2.08 bits per heavy atom. The van der Waals surface area contributed by atoms with Gasteiger partial charge in [0.1, 0.15) is 0 Å². The number of carbonyl (C=O) groups is 1. The Hall–Kier alpha value is -0.840. The van der Waals surface area contributed by atoms with Crippen LogP contribution in [0.2, 0.25) is 0 Å². The minimum absolute atomic E-state index is 0.0799. The maximum atomic E-state index is 11.0. The molecule has 0 bridgehead atoms. The highest BCUT2D eigenvalue weighted by atomic mass is 32.1. The van der Waals surface area contributed by atoms with Crippen molar-refractivity contribution in [2.45, 2.75) is 39.3 Å². The standard InChI is InChI=1S/C8H16N2O2S/c1-5(2)12-8(11)10-6(3)4-7(9)13/h5-6H,4H2,1-3H3,(H2,9,13)(H,10,11). The molecular weight excluding hydrogens is 188 g/mol. The maximum absolute atomic E-state index is 11.0. The lowest BCUT2D eigenvalue weighted by Gasteiger charge is -2.14. The van der Waals surface area contributed by atoms with Crippen LogP contribution in [0.15, 0.2) is 0 Å². The van der Waals surface area contributed by atoms with Crippen molar-refractivity contribution < 1.29 is 9.53 Å². The Kier molecular flexibility index (Phi) is 5.37. The highest BCUT2D eigenvalue weighted by molar-refractivity contribution is 7.80. The number of ether oxygens (including phenoxy) is 1. The Bertz CT molecular complexity index is 195. The number of rotatable bonds is 4. The van der Waals surface area contributed by atoms with E-state index >= 15 is 0 Å². The summed E-state index contributed by atoms with van der Waals surface area (Å²) in [5.74, 6) is 0. The number of alkyl carbamates (subject to hydrolysis) is 1. The Labute approximate surface area is 83.8 Å². The Morgan fingerprint density at radius 1 is 1.54 bits per heavy atom. The minimum atomic E-state index is -0.432. The number of hydrogen-bond acceptors (Lipinski definition) is 3. The summed E-state index contributed by atoms with van der Waals surface area (Å²) in [6, 6.07) is -0.0799. The van der Waals surface area contributed by atoms with E-state index in [0.29, 0.717) is 11.4 Å². The molecule has 1 atom stereocenters. The summed E-state index contributed by atoms with van der Waals surface area (Å²) in [5.41, 5.74) is 5.31. The number of hydrogen-bond donors (Lipinski definition) is 2. The average Bonchev–Trinajstić information content (AvgIpc) is 1.80. The fraction of sp³-hybridized carbons (Fsp3) is 0.750. The van der Waals surface area contributed by atoms with Crippen molar-refractivity contribution >= 4 is 23.3 Å². The van der Waals surface area contributed by atoms with Gasteiger partial charge in [-0.25, -0.2) is 4.79 Å². The molecule has 0 rings (SSSR count). The van der Waals surface area contributed by atoms with Crippen molar-refractivity contribution in [3.8, 4) is 0 Å². The highest BCUT2D eigenvalue weighted by Gasteiger charge is 2.09. The van der Waals surface area contributed by atoms with Crippen molar-refractivity contribution in [1.29, 1.82) is 0 Å². The summed E-state index contributed by atoms with van der Waals surface area (Å²) < 4.78 is 4.87. The molecule has 0 fully saturated rings. The van der Waals surface area contributed by atoms with Gasteiger partial charge in [-0.05, 0) is 20.8 Å². The van der Waals surface area contributed by atoms with E-state index in [-0.39, 0.29) is 12.1 Å². The first-order chi connectivity index (χ1) is 5.91. The summed E-state index contributed by atoms with van der Waals surface area (Å²) in [4.78, 5) is 11.4. The fourth-order valence-corrected chi connectivity index (χ4v) is 1.05. The first-order valence-electron chi connectivity index (χ1n) is 4.17. The molecular formula is C8H16N2O2S. The molecule has 0 aliphatic rings. The quantitative estimate of drug-likeness (QED) is 0.675. The monoisotopic (exact) mass is 204 g/mol. The van der Waals surface area contributed by atoms with Crippen LogP contribution in [-0.2, 0) is 4.74 Å². The largest absolute Gasteiger partial charge is 0.447 e. The van der Waals surface area contributed by atoms with Crippen molar-refractivity contribution in [2.75, 3.05) is 0 Å². The van der Waals surface area contributed by atoms with E-state index in [1.807, 2.05) is 6.92 Å². The van der Waals surface area contributed by atoms with Crippen LogP contribution in [-0.4, -0.2) is 23.2 Å². The van der Waals surface area contributed by atoms with Crippen molar-refractivity contribution in [3.63, 3.8) is 0 Å². The van der Waals surface area contributed by atoms with Gasteiger partial charge < -0.3 is 15.8 Å². The zero-order chi connectivity index (χ0) is 10.4. The molecule has 0 heterocycles. The zero-order valence-electron chi connectivity index (χ0n) is 8.16. The van der Waals surface area contributed by atoms with Crippen LogP contribution in [0.4, 0.5) is 4.79 Å². The predicted molar refractivity (Wildman–Crippen MR) is 55.6 cm³/mol. The van der Waals surface area contributed by atoms with Gasteiger partial charge in [0.05, 0.1) is 11.1 Å². The molecule has 0 aliphatic carbocycles. The predicted octanol–water partition coefficient (Wildman–Crippen LogP) is 1.19. The second kappa shape index (κ2) is 5.75. The Balaban J connectivity index is 3.71. The second-order valence-corrected chi connectivity index (χ2v) is 3.69. The van der Waals surface area contributed by atoms with Gasteiger partial charge in [0, 0.05) is 12.5 Å². The number of thiocarbonyl (C=S) groups is 1. The van der Waals surface area contributed by atoms with Crippen LogP contribution in [0, 0.1) is 0 Å². The molecule has 4 nitrogen and oxygen atoms in total. The molecule has 0 aromatic heterocycles. The molecule has 1 amide bonds. The first kappa shape index (κ1) is 12.2. The number of nitrogens with two attached hydrogens (primary N) is 1. The maximum Gasteiger partial charge on any atom is 0.407 e. The molecule has 13 heavy (non-hydrogen) atoms. The number of nitrogens with one attached hydrogen (secondary N) is 1. The van der Waals surface area contributed by atoms with Gasteiger partial charge in [-0.3, -0.25) is 0 Å². The normalized spacial score (nSPS) is 12.3. The van der Waals surface area contributed by atoms with Crippen molar-refractivity contribution in [1.82, 2.24) is 5.32 Å². The van der Waals surface area contributed by atoms with Gasteiger partial charge >= 0.3 is 6.09 Å². The average molecular weight is 204 g/mol. The molecule has 76 valence electrons. The molecule has 0 spiro atoms. The summed E-state index contributed by atoms with van der Waals surface area (Å²) in [6.45, 7) is 5.40. The van der Waals surface area contributed by atoms with Gasteiger partial charge in [-0.1, -0.05) is 12.2 Å². The third kappa shape index (κ3) is 7.52. The van der Waals surface area contributed by atoms with E-state index in [9.17, 15) is 4.79 Å². The summed E-state index contributed by atoms with van der Waals surface area (Å²) in [7, 11) is 0. The van der Waals surface area contributed by atoms with Gasteiger partial charge in [-0.2, -0.15) is 0 Å². The number of amides is 1. The molecule has 0 aliphatic heterocycles. The first-order valence-corrected chi connectivity index (χ1v) is 4.58. The lowest BCUT2D eigenvalue weighted by atomic mass is 10.2. The van der Waals surface area contributed by atoms with Crippen molar-refractivity contribution in [3.05, 3.63) is 0 Å². The second-order valence-electron chi connectivity index (χ2n) is 3.17. The van der Waals surface area contributed by atoms with Crippen LogP contribution in [0.25, 0.3) is 0 Å². The van der Waals surface area contributed by atoms with Crippen molar-refractivity contribution in [2.24, 2.45) is 5.73 Å². The molecule has 0 aromatic rings. The van der Waals surface area contributed by atoms with E-state index in [1.165, 1.54) is 0 Å². The van der Waals surface area contributed by atoms with Gasteiger partial charge in [0.25, 0.3) is 0 Å². The van der Waals surface area contributed by atoms with E-state index in [2.05, 4.69) is 5.32 Å². The van der Waals surface area contributed by atoms with E-state index in [4.69, 9.17) is 22.7 Å². The molecule has 0 aromatic carbocycles. The van der Waals surface area contributed by atoms with Crippen LogP contribution < -0.4 is 11.1 Å². The van der Waals surface area contributed by atoms with Gasteiger partial charge in [0.2, 0.25) is 0 Å². The molecule has 3 N–H and O–H groups in total. The topological polar surface area (TPSA) is 64.3 Å². The lowest BCUT2D eigenvalue weighted by molar-refractivity contribution is 0.113. The molecule has 0 saturated carbocycles. The van der Waals surface area contributed by atoms with E-state index in [1.54, 1.807) is 13.8 Å². The fourth-order valence-electron chi connectivity index (χ4n) is 0.802. The zero-order valence-corrected chi connectivity index (χ0v) is 8.98. The SMILES string of the molecule is CC(CC(N)=S)NC(=O)OC(C)C. The lowest BCUT2D eigenvalue weighted by Crippen LogP contribution is -2.36. The van der Waals surface area contributed by atoms with Gasteiger partial charge in [-0.15, -0.1) is 0 Å². The van der Waals surface area contributed by atoms with E-state index in [0.717, 1.165) is 0 Å². The van der Waals surface area contributed by atoms with Crippen LogP contribution in [0.5, 0.6) is 0 Å². The Morgan fingerprint density at radius 3 is 2.46 bits per heavy atom. The van der Waals surface area contributed by atoms with Crippen LogP contribution >= 0.6 is 12.2 Å². The molecule has 0 saturated heterocycles. The summed E-state index contributed by atoms with van der Waals surface area (Å²) >= 11 is 4.70. The summed E-state index contributed by atoms with van der Waals surface area (Å²) in [6.07, 6.45) is -0.0570. The number of carbonyl (C=O) groups excluding carboxylic acids is 1. The van der Waals surface area contributed by atoms with Crippen LogP contribution in [0.3, 0.4) is 0 Å². The third-order valence-corrected chi connectivity index (χ3v) is 1.38.